The van der Waals surface area contributed by atoms with E-state index in [4.69, 9.17) is 4.74 Å². The number of hydrogen-bond donors (Lipinski definition) is 0. The zero-order chi connectivity index (χ0) is 11.5. The van der Waals surface area contributed by atoms with Crippen molar-refractivity contribution in [3.63, 3.8) is 0 Å². The summed E-state index contributed by atoms with van der Waals surface area (Å²) in [6, 6.07) is 7.17. The van der Waals surface area contributed by atoms with Crippen molar-refractivity contribution >= 4 is 0 Å². The highest BCUT2D eigenvalue weighted by Crippen LogP contribution is 2.25. The average molecular weight is 221 g/mol. The Labute approximate surface area is 91.5 Å². The maximum Gasteiger partial charge on any atom is 0.168 e. The molecule has 0 atom stereocenters. The smallest absolute Gasteiger partial charge is 0.168 e. The van der Waals surface area contributed by atoms with Crippen molar-refractivity contribution in [3.8, 4) is 17.0 Å². The first kappa shape index (κ1) is 10.5. The number of hydrogen-bond acceptors (Lipinski definition) is 2. The predicted molar refractivity (Wildman–Crippen MR) is 56.1 cm³/mol. The van der Waals surface area contributed by atoms with Crippen molar-refractivity contribution in [1.82, 2.24) is 4.98 Å². The molecule has 0 aliphatic heterocycles. The summed E-state index contributed by atoms with van der Waals surface area (Å²) in [5.41, 5.74) is 0.468. The number of methoxy groups -OCH3 is 1. The van der Waals surface area contributed by atoms with Crippen LogP contribution in [0.1, 0.15) is 0 Å². The van der Waals surface area contributed by atoms with Crippen LogP contribution in [0.25, 0.3) is 11.3 Å². The molecule has 0 N–H and O–H groups in total. The van der Waals surface area contributed by atoms with Gasteiger partial charge in [-0.2, -0.15) is 0 Å². The molecular formula is C12H9F2NO. The highest BCUT2D eigenvalue weighted by atomic mass is 19.2. The van der Waals surface area contributed by atoms with Gasteiger partial charge in [0.25, 0.3) is 0 Å². The average Bonchev–Trinajstić information content (AvgIpc) is 2.33. The molecule has 1 aromatic heterocycles. The summed E-state index contributed by atoms with van der Waals surface area (Å²) in [7, 11) is 1.50. The maximum atomic E-state index is 13.5. The second kappa shape index (κ2) is 4.26. The fraction of sp³-hybridized carbons (Fsp3) is 0.0833. The minimum absolute atomic E-state index is 0.124. The normalized spacial score (nSPS) is 10.2. The summed E-state index contributed by atoms with van der Waals surface area (Å²) in [5.74, 6) is -1.24. The Bertz CT molecular complexity index is 514. The van der Waals surface area contributed by atoms with Gasteiger partial charge in [-0.05, 0) is 18.2 Å². The minimum Gasteiger partial charge on any atom is -0.497 e. The monoisotopic (exact) mass is 221 g/mol. The molecule has 0 fully saturated rings. The first-order valence-corrected chi connectivity index (χ1v) is 4.67. The van der Waals surface area contributed by atoms with Crippen molar-refractivity contribution in [3.05, 3.63) is 48.2 Å². The van der Waals surface area contributed by atoms with Crippen LogP contribution in [-0.4, -0.2) is 12.1 Å². The van der Waals surface area contributed by atoms with Gasteiger partial charge in [-0.3, -0.25) is 4.98 Å². The molecule has 82 valence electrons. The Morgan fingerprint density at radius 2 is 2.00 bits per heavy atom. The number of rotatable bonds is 2. The first-order valence-electron chi connectivity index (χ1n) is 4.67. The lowest BCUT2D eigenvalue weighted by molar-refractivity contribution is 0.414. The fourth-order valence-corrected chi connectivity index (χ4v) is 1.39. The van der Waals surface area contributed by atoms with Crippen LogP contribution in [0.3, 0.4) is 0 Å². The molecule has 0 saturated carbocycles. The van der Waals surface area contributed by atoms with E-state index in [2.05, 4.69) is 4.98 Å². The fourth-order valence-electron chi connectivity index (χ4n) is 1.39. The van der Waals surface area contributed by atoms with Gasteiger partial charge in [-0.15, -0.1) is 0 Å². The summed E-state index contributed by atoms with van der Waals surface area (Å²) >= 11 is 0. The van der Waals surface area contributed by atoms with Gasteiger partial charge < -0.3 is 4.74 Å². The molecule has 16 heavy (non-hydrogen) atoms. The van der Waals surface area contributed by atoms with Gasteiger partial charge in [-0.25, -0.2) is 8.78 Å². The van der Waals surface area contributed by atoms with Crippen LogP contribution >= 0.6 is 0 Å². The van der Waals surface area contributed by atoms with E-state index in [0.717, 1.165) is 6.07 Å². The van der Waals surface area contributed by atoms with Gasteiger partial charge in [-0.1, -0.05) is 6.07 Å². The van der Waals surface area contributed by atoms with E-state index in [1.165, 1.54) is 25.4 Å². The summed E-state index contributed by atoms with van der Waals surface area (Å²) < 4.78 is 31.5. The lowest BCUT2D eigenvalue weighted by Crippen LogP contribution is -1.92. The Balaban J connectivity index is 2.54. The molecule has 0 unspecified atom stereocenters. The topological polar surface area (TPSA) is 22.1 Å². The largest absolute Gasteiger partial charge is 0.497 e. The third-order valence-electron chi connectivity index (χ3n) is 2.19. The number of nitrogens with zero attached hydrogens (tertiary/aromatic N) is 1. The van der Waals surface area contributed by atoms with Crippen LogP contribution in [0.5, 0.6) is 5.75 Å². The lowest BCUT2D eigenvalue weighted by atomic mass is 10.1. The molecule has 1 heterocycles. The maximum absolute atomic E-state index is 13.5. The van der Waals surface area contributed by atoms with Gasteiger partial charge in [0.15, 0.2) is 11.6 Å². The third kappa shape index (κ3) is 1.86. The number of pyridine rings is 1. The second-order valence-electron chi connectivity index (χ2n) is 3.18. The van der Waals surface area contributed by atoms with E-state index in [-0.39, 0.29) is 5.56 Å². The van der Waals surface area contributed by atoms with Gasteiger partial charge in [0.05, 0.1) is 12.8 Å². The van der Waals surface area contributed by atoms with E-state index < -0.39 is 11.6 Å². The molecule has 0 saturated heterocycles. The molecule has 2 nitrogen and oxygen atoms in total. The molecule has 0 bridgehead atoms. The molecule has 0 spiro atoms. The summed E-state index contributed by atoms with van der Waals surface area (Å²) in [4.78, 5) is 3.97. The van der Waals surface area contributed by atoms with Crippen LogP contribution in [0, 0.1) is 11.6 Å². The second-order valence-corrected chi connectivity index (χ2v) is 3.18. The van der Waals surface area contributed by atoms with Crippen molar-refractivity contribution in [2.45, 2.75) is 0 Å². The minimum atomic E-state index is -0.900. The van der Waals surface area contributed by atoms with Crippen molar-refractivity contribution < 1.29 is 13.5 Å². The Morgan fingerprint density at radius 1 is 1.19 bits per heavy atom. The van der Waals surface area contributed by atoms with Gasteiger partial charge >= 0.3 is 0 Å². The van der Waals surface area contributed by atoms with E-state index in [9.17, 15) is 8.78 Å². The van der Waals surface area contributed by atoms with Crippen molar-refractivity contribution in [2.24, 2.45) is 0 Å². The zero-order valence-electron chi connectivity index (χ0n) is 8.58. The molecule has 2 aromatic rings. The Morgan fingerprint density at radius 3 is 2.75 bits per heavy atom. The van der Waals surface area contributed by atoms with Gasteiger partial charge in [0.2, 0.25) is 0 Å². The lowest BCUT2D eigenvalue weighted by Gasteiger charge is -2.05. The number of halogens is 2. The molecule has 2 rings (SSSR count). The van der Waals surface area contributed by atoms with Crippen LogP contribution in [0.2, 0.25) is 0 Å². The van der Waals surface area contributed by atoms with Crippen LogP contribution in [0.15, 0.2) is 36.5 Å². The summed E-state index contributed by atoms with van der Waals surface area (Å²) in [6.07, 6.45) is 1.48. The summed E-state index contributed by atoms with van der Waals surface area (Å²) in [6.45, 7) is 0. The van der Waals surface area contributed by atoms with Gasteiger partial charge in [0.1, 0.15) is 5.75 Å². The van der Waals surface area contributed by atoms with E-state index >= 15 is 0 Å². The Hall–Kier alpha value is -1.97. The van der Waals surface area contributed by atoms with E-state index in [1.54, 1.807) is 12.1 Å². The van der Waals surface area contributed by atoms with Crippen LogP contribution < -0.4 is 4.74 Å². The standard InChI is InChI=1S/C12H9F2NO/c1-16-8-5-6-15-11(7-8)9-3-2-4-10(13)12(9)14/h2-7H,1H3. The van der Waals surface area contributed by atoms with Crippen LogP contribution in [0.4, 0.5) is 8.78 Å². The van der Waals surface area contributed by atoms with E-state index in [1.807, 2.05) is 0 Å². The van der Waals surface area contributed by atoms with Gasteiger partial charge in [0, 0.05) is 17.8 Å². The number of aromatic nitrogens is 1. The van der Waals surface area contributed by atoms with E-state index in [0.29, 0.717) is 11.4 Å². The molecule has 0 amide bonds. The quantitative estimate of drug-likeness (QED) is 0.777. The first-order chi connectivity index (χ1) is 7.72. The molecule has 4 heteroatoms. The predicted octanol–water partition coefficient (Wildman–Crippen LogP) is 3.04. The molecular weight excluding hydrogens is 212 g/mol. The van der Waals surface area contributed by atoms with Crippen molar-refractivity contribution in [1.29, 1.82) is 0 Å². The SMILES string of the molecule is COc1ccnc(-c2cccc(F)c2F)c1. The Kier molecular flexibility index (Phi) is 2.81. The molecule has 0 aliphatic carbocycles. The highest BCUT2D eigenvalue weighted by molar-refractivity contribution is 5.61. The summed E-state index contributed by atoms with van der Waals surface area (Å²) in [5, 5.41) is 0. The zero-order valence-corrected chi connectivity index (χ0v) is 8.58. The molecule has 0 aliphatic rings. The highest BCUT2D eigenvalue weighted by Gasteiger charge is 2.10. The molecule has 0 radical (unpaired) electrons. The molecule has 1 aromatic carbocycles. The third-order valence-corrected chi connectivity index (χ3v) is 2.19. The van der Waals surface area contributed by atoms with Crippen molar-refractivity contribution in [2.75, 3.05) is 7.11 Å². The number of ether oxygens (including phenoxy) is 1. The number of benzene rings is 1. The van der Waals surface area contributed by atoms with Crippen LogP contribution in [-0.2, 0) is 0 Å².